The monoisotopic (exact) mass is 545 g/mol. The predicted molar refractivity (Wildman–Crippen MR) is 153 cm³/mol. The van der Waals surface area contributed by atoms with Crippen LogP contribution in [0.1, 0.15) is 72.1 Å². The zero-order valence-electron chi connectivity index (χ0n) is 23.7. The lowest BCUT2D eigenvalue weighted by atomic mass is 9.66. The minimum Gasteiger partial charge on any atom is -0.394 e. The molecule has 2 unspecified atom stereocenters. The molecular weight excluding hydrogens is 498 g/mol. The second-order valence-corrected chi connectivity index (χ2v) is 14.4. The third-order valence-corrected chi connectivity index (χ3v) is 11.5. The second kappa shape index (κ2) is 11.4. The molecule has 38 heavy (non-hydrogen) atoms. The Balaban J connectivity index is 1.81. The summed E-state index contributed by atoms with van der Waals surface area (Å²) in [4.78, 5) is 48.4. The maximum atomic E-state index is 14.7. The molecule has 4 rings (SSSR count). The van der Waals surface area contributed by atoms with E-state index in [1.807, 2.05) is 4.90 Å². The van der Waals surface area contributed by atoms with Gasteiger partial charge in [0.15, 0.2) is 0 Å². The summed E-state index contributed by atoms with van der Waals surface area (Å²) in [6.45, 7) is 14.6. The molecular formula is C30H47N3O4S. The van der Waals surface area contributed by atoms with Crippen molar-refractivity contribution in [3.63, 3.8) is 0 Å². The van der Waals surface area contributed by atoms with Crippen LogP contribution in [0.5, 0.6) is 0 Å². The van der Waals surface area contributed by atoms with Gasteiger partial charge in [0.1, 0.15) is 6.04 Å². The van der Waals surface area contributed by atoms with Crippen molar-refractivity contribution >= 4 is 29.5 Å². The van der Waals surface area contributed by atoms with E-state index >= 15 is 0 Å². The summed E-state index contributed by atoms with van der Waals surface area (Å²) >= 11 is 1.71. The molecule has 1 spiro atoms. The van der Waals surface area contributed by atoms with Crippen molar-refractivity contribution in [3.05, 3.63) is 25.3 Å². The van der Waals surface area contributed by atoms with E-state index in [-0.39, 0.29) is 36.3 Å². The smallest absolute Gasteiger partial charge is 0.247 e. The Labute approximate surface area is 233 Å². The Morgan fingerprint density at radius 2 is 1.79 bits per heavy atom. The molecule has 212 valence electrons. The number of hydrogen-bond acceptors (Lipinski definition) is 5. The molecule has 6 atom stereocenters. The number of carbonyl (C=O) groups is 3. The molecule has 3 saturated heterocycles. The van der Waals surface area contributed by atoms with Crippen molar-refractivity contribution in [2.45, 2.75) is 99.8 Å². The highest BCUT2D eigenvalue weighted by Crippen LogP contribution is 2.72. The van der Waals surface area contributed by atoms with E-state index in [9.17, 15) is 19.5 Å². The SMILES string of the molecule is C=CCN(C)C(=O)[C@@H]1[C@H]2C(=O)N([C@@H](CO)CC(C)C)C(C(=O)N(CC=C)C3CCCCC3)C23CC[C@@]1(C)S3. The van der Waals surface area contributed by atoms with Crippen LogP contribution in [-0.2, 0) is 14.4 Å². The number of aliphatic hydroxyl groups is 1. The number of nitrogens with zero attached hydrogens (tertiary/aromatic N) is 3. The van der Waals surface area contributed by atoms with Gasteiger partial charge >= 0.3 is 0 Å². The highest BCUT2D eigenvalue weighted by atomic mass is 32.2. The summed E-state index contributed by atoms with van der Waals surface area (Å²) < 4.78 is -1.07. The van der Waals surface area contributed by atoms with Crippen molar-refractivity contribution in [3.8, 4) is 0 Å². The second-order valence-electron chi connectivity index (χ2n) is 12.5. The Morgan fingerprint density at radius 1 is 1.13 bits per heavy atom. The lowest BCUT2D eigenvalue weighted by Gasteiger charge is -2.43. The zero-order chi connectivity index (χ0) is 27.8. The Morgan fingerprint density at radius 3 is 2.37 bits per heavy atom. The van der Waals surface area contributed by atoms with Gasteiger partial charge in [-0.2, -0.15) is 0 Å². The van der Waals surface area contributed by atoms with Crippen molar-refractivity contribution in [1.29, 1.82) is 0 Å². The third kappa shape index (κ3) is 4.74. The van der Waals surface area contributed by atoms with Crippen molar-refractivity contribution in [2.75, 3.05) is 26.7 Å². The molecule has 4 fully saturated rings. The first-order valence-corrected chi connectivity index (χ1v) is 15.3. The molecule has 7 nitrogen and oxygen atoms in total. The van der Waals surface area contributed by atoms with Gasteiger partial charge in [0.25, 0.3) is 0 Å². The lowest BCUT2D eigenvalue weighted by Crippen LogP contribution is -2.59. The molecule has 0 aromatic carbocycles. The molecule has 3 amide bonds. The summed E-state index contributed by atoms with van der Waals surface area (Å²) in [5.41, 5.74) is 0. The predicted octanol–water partition coefficient (Wildman–Crippen LogP) is 3.87. The largest absolute Gasteiger partial charge is 0.394 e. The first kappa shape index (κ1) is 29.2. The maximum Gasteiger partial charge on any atom is 0.247 e. The molecule has 8 heteroatoms. The van der Waals surface area contributed by atoms with Crippen molar-refractivity contribution < 1.29 is 19.5 Å². The topological polar surface area (TPSA) is 81.2 Å². The first-order chi connectivity index (χ1) is 18.1. The van der Waals surface area contributed by atoms with Gasteiger partial charge in [-0.25, -0.2) is 0 Å². The van der Waals surface area contributed by atoms with Crippen LogP contribution >= 0.6 is 11.8 Å². The van der Waals surface area contributed by atoms with E-state index in [2.05, 4.69) is 33.9 Å². The van der Waals surface area contributed by atoms with Crippen LogP contribution in [0.25, 0.3) is 0 Å². The number of fused-ring (bicyclic) bond motifs is 1. The van der Waals surface area contributed by atoms with Crippen LogP contribution in [0.4, 0.5) is 0 Å². The van der Waals surface area contributed by atoms with Crippen molar-refractivity contribution in [2.24, 2.45) is 17.8 Å². The number of carbonyl (C=O) groups excluding carboxylic acids is 3. The van der Waals surface area contributed by atoms with Gasteiger partial charge in [-0.05, 0) is 44.9 Å². The minimum atomic E-state index is -0.688. The minimum absolute atomic E-state index is 0.0286. The summed E-state index contributed by atoms with van der Waals surface area (Å²) in [5, 5.41) is 10.5. The summed E-state index contributed by atoms with van der Waals surface area (Å²) in [6, 6.07) is -1.01. The van der Waals surface area contributed by atoms with Crippen LogP contribution in [0.3, 0.4) is 0 Å². The van der Waals surface area contributed by atoms with Gasteiger partial charge in [0.2, 0.25) is 17.7 Å². The van der Waals surface area contributed by atoms with E-state index in [0.29, 0.717) is 19.5 Å². The Bertz CT molecular complexity index is 950. The van der Waals surface area contributed by atoms with E-state index in [0.717, 1.165) is 38.5 Å². The number of aliphatic hydroxyl groups excluding tert-OH is 1. The highest BCUT2D eigenvalue weighted by molar-refractivity contribution is 8.02. The van der Waals surface area contributed by atoms with Gasteiger partial charge in [-0.15, -0.1) is 24.9 Å². The fourth-order valence-corrected chi connectivity index (χ4v) is 10.2. The Kier molecular flexibility index (Phi) is 8.73. The van der Waals surface area contributed by atoms with Gasteiger partial charge in [0, 0.05) is 30.9 Å². The molecule has 4 aliphatic rings. The maximum absolute atomic E-state index is 14.7. The fraction of sp³-hybridized carbons (Fsp3) is 0.767. The number of hydrogen-bond donors (Lipinski definition) is 1. The lowest BCUT2D eigenvalue weighted by molar-refractivity contribution is -0.148. The molecule has 1 aliphatic carbocycles. The van der Waals surface area contributed by atoms with Crippen LogP contribution in [-0.4, -0.2) is 91.9 Å². The Hall–Kier alpha value is -1.80. The molecule has 0 radical (unpaired) electrons. The van der Waals surface area contributed by atoms with E-state index in [1.165, 1.54) is 6.42 Å². The molecule has 3 aliphatic heterocycles. The molecule has 2 bridgehead atoms. The van der Waals surface area contributed by atoms with Crippen LogP contribution in [0, 0.1) is 17.8 Å². The van der Waals surface area contributed by atoms with Crippen LogP contribution in [0.15, 0.2) is 25.3 Å². The molecule has 3 heterocycles. The molecule has 0 aromatic rings. The average molecular weight is 546 g/mol. The fourth-order valence-electron chi connectivity index (χ4n) is 7.86. The van der Waals surface area contributed by atoms with Crippen LogP contribution in [0.2, 0.25) is 0 Å². The van der Waals surface area contributed by atoms with Gasteiger partial charge in [0.05, 0.1) is 29.2 Å². The van der Waals surface area contributed by atoms with E-state index in [1.54, 1.807) is 40.8 Å². The first-order valence-electron chi connectivity index (χ1n) is 14.5. The average Bonchev–Trinajstić information content (AvgIpc) is 3.46. The number of thioether (sulfide) groups is 1. The number of rotatable bonds is 11. The molecule has 0 aromatic heterocycles. The number of amides is 3. The molecule has 1 saturated carbocycles. The zero-order valence-corrected chi connectivity index (χ0v) is 24.5. The summed E-state index contributed by atoms with van der Waals surface area (Å²) in [7, 11) is 1.76. The summed E-state index contributed by atoms with van der Waals surface area (Å²) in [5.74, 6) is -1.04. The van der Waals surface area contributed by atoms with E-state index < -0.39 is 33.4 Å². The number of likely N-dealkylation sites (N-methyl/N-ethyl adjacent to an activating group) is 1. The standard InChI is InChI=1S/C30H47N3O4S/c1-7-16-31(6)26(35)23-24-27(36)33(22(19-34)18-20(3)4)25(30(24)15-14-29(23,5)38-30)28(37)32(17-8-2)21-12-10-9-11-13-21/h7-8,20-25,34H,1-2,9-19H2,3-6H3/t22-,23+,24+,25?,29-,30?/m1/s1. The third-order valence-electron chi connectivity index (χ3n) is 9.47. The number of likely N-dealkylation sites (tertiary alicyclic amines) is 1. The normalized spacial score (nSPS) is 33.4. The summed E-state index contributed by atoms with van der Waals surface area (Å²) in [6.07, 6.45) is 10.9. The van der Waals surface area contributed by atoms with Crippen molar-refractivity contribution in [1.82, 2.24) is 14.7 Å². The van der Waals surface area contributed by atoms with E-state index in [4.69, 9.17) is 0 Å². The van der Waals surface area contributed by atoms with Crippen LogP contribution < -0.4 is 0 Å². The molecule has 1 N–H and O–H groups in total. The van der Waals surface area contributed by atoms with Gasteiger partial charge in [-0.1, -0.05) is 45.3 Å². The van der Waals surface area contributed by atoms with Gasteiger partial charge < -0.3 is 19.8 Å². The quantitative estimate of drug-likeness (QED) is 0.399. The highest BCUT2D eigenvalue weighted by Gasteiger charge is 2.78. The van der Waals surface area contributed by atoms with Gasteiger partial charge in [-0.3, -0.25) is 14.4 Å².